The molecule has 0 bridgehead atoms. The SMILES string of the molecule is C=CCOCC(C)OCC(C)OCC(C)OCC(C)OCC(C)OCC(C)OCC(C)OC(C)=O. The quantitative estimate of drug-likeness (QED) is 0.117. The highest BCUT2D eigenvalue weighted by atomic mass is 16.6. The second-order valence-electron chi connectivity index (χ2n) is 9.11. The maximum absolute atomic E-state index is 10.9. The lowest BCUT2D eigenvalue weighted by Gasteiger charge is -2.22. The summed E-state index contributed by atoms with van der Waals surface area (Å²) in [6.45, 7) is 22.3. The predicted molar refractivity (Wildman–Crippen MR) is 135 cm³/mol. The maximum atomic E-state index is 10.9. The fraction of sp³-hybridized carbons (Fsp3) is 0.885. The molecule has 35 heavy (non-hydrogen) atoms. The summed E-state index contributed by atoms with van der Waals surface area (Å²) < 4.78 is 45.0. The third-order valence-electron chi connectivity index (χ3n) is 4.65. The monoisotopic (exact) mass is 506 g/mol. The normalized spacial score (nSPS) is 17.7. The van der Waals surface area contributed by atoms with E-state index in [4.69, 9.17) is 37.9 Å². The Morgan fingerprint density at radius 3 is 1.14 bits per heavy atom. The van der Waals surface area contributed by atoms with Crippen molar-refractivity contribution in [2.75, 3.05) is 52.9 Å². The molecule has 0 aromatic heterocycles. The molecule has 0 aliphatic carbocycles. The Kier molecular flexibility index (Phi) is 20.4. The lowest BCUT2D eigenvalue weighted by atomic mass is 10.3. The van der Waals surface area contributed by atoms with Gasteiger partial charge in [-0.15, -0.1) is 6.58 Å². The van der Waals surface area contributed by atoms with Crippen LogP contribution < -0.4 is 0 Å². The molecule has 9 heteroatoms. The van der Waals surface area contributed by atoms with Gasteiger partial charge in [0.25, 0.3) is 0 Å². The van der Waals surface area contributed by atoms with Gasteiger partial charge in [-0.1, -0.05) is 6.08 Å². The summed E-state index contributed by atoms with van der Waals surface area (Å²) in [6.07, 6.45) is 1.08. The highest BCUT2D eigenvalue weighted by molar-refractivity contribution is 5.66. The van der Waals surface area contributed by atoms with Crippen molar-refractivity contribution in [1.29, 1.82) is 0 Å². The zero-order chi connectivity index (χ0) is 26.6. The Labute approximate surface area is 212 Å². The molecule has 0 spiro atoms. The molecule has 7 unspecified atom stereocenters. The topological polar surface area (TPSA) is 90.9 Å². The summed E-state index contributed by atoms with van der Waals surface area (Å²) in [5.41, 5.74) is 0. The molecule has 208 valence electrons. The van der Waals surface area contributed by atoms with Gasteiger partial charge in [-0.25, -0.2) is 0 Å². The van der Waals surface area contributed by atoms with E-state index in [1.165, 1.54) is 6.92 Å². The van der Waals surface area contributed by atoms with E-state index >= 15 is 0 Å². The van der Waals surface area contributed by atoms with E-state index in [-0.39, 0.29) is 48.7 Å². The van der Waals surface area contributed by atoms with Crippen molar-refractivity contribution in [3.05, 3.63) is 12.7 Å². The summed E-state index contributed by atoms with van der Waals surface area (Å²) in [5.74, 6) is -0.313. The van der Waals surface area contributed by atoms with Gasteiger partial charge in [-0.3, -0.25) is 4.79 Å². The molecule has 0 radical (unpaired) electrons. The fourth-order valence-corrected chi connectivity index (χ4v) is 2.72. The Morgan fingerprint density at radius 1 is 0.571 bits per heavy atom. The van der Waals surface area contributed by atoms with Gasteiger partial charge in [-0.05, 0) is 48.5 Å². The minimum atomic E-state index is -0.313. The molecule has 0 aromatic carbocycles. The summed E-state index contributed by atoms with van der Waals surface area (Å²) in [5, 5.41) is 0. The molecule has 0 saturated carbocycles. The number of rotatable bonds is 23. The fourth-order valence-electron chi connectivity index (χ4n) is 2.72. The second kappa shape index (κ2) is 21.1. The molecule has 0 aliphatic heterocycles. The number of hydrogen-bond donors (Lipinski definition) is 0. The highest BCUT2D eigenvalue weighted by Crippen LogP contribution is 2.05. The van der Waals surface area contributed by atoms with Crippen LogP contribution in [0.15, 0.2) is 12.7 Å². The lowest BCUT2D eigenvalue weighted by Crippen LogP contribution is -2.30. The van der Waals surface area contributed by atoms with Gasteiger partial charge in [0, 0.05) is 6.92 Å². The molecule has 0 heterocycles. The average Bonchev–Trinajstić information content (AvgIpc) is 2.80. The summed E-state index contributed by atoms with van der Waals surface area (Å²) >= 11 is 0. The molecule has 0 rings (SSSR count). The Bertz CT molecular complexity index is 531. The van der Waals surface area contributed by atoms with E-state index in [9.17, 15) is 4.79 Å². The van der Waals surface area contributed by atoms with Crippen molar-refractivity contribution in [1.82, 2.24) is 0 Å². The van der Waals surface area contributed by atoms with Crippen molar-refractivity contribution < 1.29 is 42.7 Å². The molecular weight excluding hydrogens is 456 g/mol. The smallest absolute Gasteiger partial charge is 0.302 e. The highest BCUT2D eigenvalue weighted by Gasteiger charge is 2.14. The van der Waals surface area contributed by atoms with Crippen LogP contribution in [0, 0.1) is 0 Å². The number of hydrogen-bond acceptors (Lipinski definition) is 9. The first kappa shape index (κ1) is 33.9. The van der Waals surface area contributed by atoms with Gasteiger partial charge in [0.1, 0.15) is 6.10 Å². The average molecular weight is 507 g/mol. The van der Waals surface area contributed by atoms with Crippen molar-refractivity contribution in [3.8, 4) is 0 Å². The first-order valence-corrected chi connectivity index (χ1v) is 12.6. The molecule has 0 N–H and O–H groups in total. The molecular formula is C26H50O9. The van der Waals surface area contributed by atoms with E-state index in [2.05, 4.69) is 6.58 Å². The molecule has 0 amide bonds. The Hall–Kier alpha value is -1.07. The van der Waals surface area contributed by atoms with Crippen molar-refractivity contribution in [2.24, 2.45) is 0 Å². The van der Waals surface area contributed by atoms with E-state index in [0.29, 0.717) is 52.9 Å². The third-order valence-corrected chi connectivity index (χ3v) is 4.65. The van der Waals surface area contributed by atoms with Crippen LogP contribution in [-0.2, 0) is 42.7 Å². The lowest BCUT2D eigenvalue weighted by molar-refractivity contribution is -0.150. The van der Waals surface area contributed by atoms with Crippen LogP contribution in [0.4, 0.5) is 0 Å². The number of carbonyl (C=O) groups excluding carboxylic acids is 1. The van der Waals surface area contributed by atoms with Crippen LogP contribution in [0.1, 0.15) is 55.4 Å². The van der Waals surface area contributed by atoms with E-state index in [1.54, 1.807) is 13.0 Å². The molecule has 0 aromatic rings. The second-order valence-corrected chi connectivity index (χ2v) is 9.11. The minimum Gasteiger partial charge on any atom is -0.460 e. The van der Waals surface area contributed by atoms with Crippen LogP contribution in [-0.4, -0.2) is 102 Å². The van der Waals surface area contributed by atoms with Gasteiger partial charge in [0.2, 0.25) is 0 Å². The minimum absolute atomic E-state index is 0.00539. The summed E-state index contributed by atoms with van der Waals surface area (Å²) in [4.78, 5) is 10.9. The zero-order valence-electron chi connectivity index (χ0n) is 23.2. The third kappa shape index (κ3) is 21.9. The first-order chi connectivity index (χ1) is 16.5. The van der Waals surface area contributed by atoms with Gasteiger partial charge < -0.3 is 37.9 Å². The van der Waals surface area contributed by atoms with Gasteiger partial charge >= 0.3 is 5.97 Å². The largest absolute Gasteiger partial charge is 0.460 e. The number of ether oxygens (including phenoxy) is 8. The Balaban J connectivity index is 3.84. The van der Waals surface area contributed by atoms with Gasteiger partial charge in [0.15, 0.2) is 0 Å². The van der Waals surface area contributed by atoms with Crippen LogP contribution in [0.5, 0.6) is 0 Å². The zero-order valence-corrected chi connectivity index (χ0v) is 23.2. The van der Waals surface area contributed by atoms with Gasteiger partial charge in [0.05, 0.1) is 89.5 Å². The molecule has 0 aliphatic rings. The molecule has 7 atom stereocenters. The van der Waals surface area contributed by atoms with E-state index < -0.39 is 0 Å². The molecule has 9 nitrogen and oxygen atoms in total. The van der Waals surface area contributed by atoms with E-state index in [0.717, 1.165) is 0 Å². The van der Waals surface area contributed by atoms with Crippen molar-refractivity contribution >= 4 is 5.97 Å². The van der Waals surface area contributed by atoms with Gasteiger partial charge in [-0.2, -0.15) is 0 Å². The Morgan fingerprint density at radius 2 is 0.857 bits per heavy atom. The van der Waals surface area contributed by atoms with Crippen molar-refractivity contribution in [3.63, 3.8) is 0 Å². The van der Waals surface area contributed by atoms with Crippen LogP contribution >= 0.6 is 0 Å². The maximum Gasteiger partial charge on any atom is 0.302 e. The summed E-state index contributed by atoms with van der Waals surface area (Å²) in [6, 6.07) is 0. The molecule has 0 saturated heterocycles. The summed E-state index contributed by atoms with van der Waals surface area (Å²) in [7, 11) is 0. The van der Waals surface area contributed by atoms with E-state index in [1.807, 2.05) is 41.5 Å². The van der Waals surface area contributed by atoms with Crippen LogP contribution in [0.3, 0.4) is 0 Å². The number of esters is 1. The number of carbonyl (C=O) groups is 1. The predicted octanol–water partition coefficient (Wildman–Crippen LogP) is 3.57. The first-order valence-electron chi connectivity index (χ1n) is 12.6. The standard InChI is InChI=1S/C26H50O9/c1-10-11-28-12-19(2)29-13-20(3)30-14-21(4)31-15-22(5)32-16-23(6)33-17-24(7)34-18-25(8)35-26(9)27/h10,19-25H,1,11-18H2,2-9H3. The molecule has 0 fully saturated rings. The van der Waals surface area contributed by atoms with Crippen LogP contribution in [0.2, 0.25) is 0 Å². The van der Waals surface area contributed by atoms with Crippen molar-refractivity contribution in [2.45, 2.75) is 98.1 Å². The van der Waals surface area contributed by atoms with Crippen LogP contribution in [0.25, 0.3) is 0 Å².